The second-order valence-electron chi connectivity index (χ2n) is 6.28. The van der Waals surface area contributed by atoms with Gasteiger partial charge < -0.3 is 4.90 Å². The first-order chi connectivity index (χ1) is 8.34. The van der Waals surface area contributed by atoms with Gasteiger partial charge in [0.05, 0.1) is 5.00 Å². The SMILES string of the molecule is CN(c1cccs1)C1CC2CC1C1CCCC21. The van der Waals surface area contributed by atoms with E-state index in [-0.39, 0.29) is 0 Å². The van der Waals surface area contributed by atoms with Crippen molar-refractivity contribution in [3.8, 4) is 0 Å². The number of anilines is 1. The molecule has 3 fully saturated rings. The summed E-state index contributed by atoms with van der Waals surface area (Å²) in [6.07, 6.45) is 7.59. The van der Waals surface area contributed by atoms with Crippen molar-refractivity contribution in [2.75, 3.05) is 11.9 Å². The summed E-state index contributed by atoms with van der Waals surface area (Å²) >= 11 is 1.90. The van der Waals surface area contributed by atoms with Crippen molar-refractivity contribution >= 4 is 16.3 Å². The van der Waals surface area contributed by atoms with Gasteiger partial charge in [-0.1, -0.05) is 6.42 Å². The number of nitrogens with zero attached hydrogens (tertiary/aromatic N) is 1. The van der Waals surface area contributed by atoms with Crippen LogP contribution in [0.2, 0.25) is 0 Å². The summed E-state index contributed by atoms with van der Waals surface area (Å²) in [7, 11) is 2.32. The van der Waals surface area contributed by atoms with Gasteiger partial charge in [-0.15, -0.1) is 11.3 Å². The molecule has 0 spiro atoms. The number of hydrogen-bond donors (Lipinski definition) is 0. The average molecular weight is 247 g/mol. The molecule has 1 nitrogen and oxygen atoms in total. The van der Waals surface area contributed by atoms with E-state index < -0.39 is 0 Å². The lowest BCUT2D eigenvalue weighted by molar-refractivity contribution is 0.230. The summed E-state index contributed by atoms with van der Waals surface area (Å²) in [5.41, 5.74) is 0. The Hall–Kier alpha value is -0.500. The van der Waals surface area contributed by atoms with Crippen LogP contribution in [-0.2, 0) is 0 Å². The fourth-order valence-corrected chi connectivity index (χ4v) is 5.87. The lowest BCUT2D eigenvalue weighted by Crippen LogP contribution is -2.40. The maximum atomic E-state index is 2.59. The zero-order valence-electron chi connectivity index (χ0n) is 10.5. The summed E-state index contributed by atoms with van der Waals surface area (Å²) < 4.78 is 0. The lowest BCUT2D eigenvalue weighted by atomic mass is 9.78. The molecule has 2 heteroatoms. The van der Waals surface area contributed by atoms with Crippen LogP contribution in [0.5, 0.6) is 0 Å². The van der Waals surface area contributed by atoms with E-state index in [1.54, 1.807) is 6.42 Å². The highest BCUT2D eigenvalue weighted by Crippen LogP contribution is 2.60. The smallest absolute Gasteiger partial charge is 0.0908 e. The van der Waals surface area contributed by atoms with Gasteiger partial charge in [0, 0.05) is 13.1 Å². The zero-order chi connectivity index (χ0) is 11.4. The monoisotopic (exact) mass is 247 g/mol. The van der Waals surface area contributed by atoms with Gasteiger partial charge in [0.25, 0.3) is 0 Å². The van der Waals surface area contributed by atoms with Crippen LogP contribution in [0.4, 0.5) is 5.00 Å². The Balaban J connectivity index is 1.58. The fourth-order valence-electron chi connectivity index (χ4n) is 5.11. The summed E-state index contributed by atoms with van der Waals surface area (Å²) in [5, 5.41) is 3.68. The summed E-state index contributed by atoms with van der Waals surface area (Å²) in [6, 6.07) is 5.31. The van der Waals surface area contributed by atoms with Gasteiger partial charge in [0.1, 0.15) is 0 Å². The molecule has 5 atom stereocenters. The summed E-state index contributed by atoms with van der Waals surface area (Å²) in [4.78, 5) is 2.59. The van der Waals surface area contributed by atoms with Gasteiger partial charge in [0.2, 0.25) is 0 Å². The molecule has 0 radical (unpaired) electrons. The molecule has 3 aliphatic rings. The van der Waals surface area contributed by atoms with E-state index in [1.165, 1.54) is 30.7 Å². The van der Waals surface area contributed by atoms with Crippen LogP contribution in [0.15, 0.2) is 17.5 Å². The van der Waals surface area contributed by atoms with E-state index in [0.29, 0.717) is 0 Å². The molecule has 2 bridgehead atoms. The third-order valence-corrected chi connectivity index (χ3v) is 6.70. The number of fused-ring (bicyclic) bond motifs is 5. The molecule has 0 aromatic carbocycles. The first-order valence-corrected chi connectivity index (χ1v) is 7.99. The van der Waals surface area contributed by atoms with E-state index in [2.05, 4.69) is 29.5 Å². The Bertz CT molecular complexity index is 399. The largest absolute Gasteiger partial charge is 0.363 e. The van der Waals surface area contributed by atoms with Crippen molar-refractivity contribution < 1.29 is 0 Å². The zero-order valence-corrected chi connectivity index (χ0v) is 11.3. The quantitative estimate of drug-likeness (QED) is 0.763. The molecule has 17 heavy (non-hydrogen) atoms. The Labute approximate surface area is 108 Å². The maximum Gasteiger partial charge on any atom is 0.0908 e. The third-order valence-electron chi connectivity index (χ3n) is 5.74. The molecule has 0 aliphatic heterocycles. The van der Waals surface area contributed by atoms with Gasteiger partial charge in [-0.05, 0) is 66.9 Å². The van der Waals surface area contributed by atoms with Gasteiger partial charge in [-0.3, -0.25) is 0 Å². The van der Waals surface area contributed by atoms with Crippen molar-refractivity contribution in [1.29, 1.82) is 0 Å². The van der Waals surface area contributed by atoms with Crippen LogP contribution in [0.3, 0.4) is 0 Å². The molecule has 3 aliphatic carbocycles. The first kappa shape index (κ1) is 10.4. The number of rotatable bonds is 2. The van der Waals surface area contributed by atoms with Crippen molar-refractivity contribution in [2.24, 2.45) is 23.7 Å². The van der Waals surface area contributed by atoms with Crippen molar-refractivity contribution in [3.05, 3.63) is 17.5 Å². The van der Waals surface area contributed by atoms with Gasteiger partial charge in [-0.2, -0.15) is 0 Å². The van der Waals surface area contributed by atoms with Gasteiger partial charge >= 0.3 is 0 Å². The minimum atomic E-state index is 0.845. The van der Waals surface area contributed by atoms with E-state index in [0.717, 1.165) is 29.7 Å². The highest BCUT2D eigenvalue weighted by atomic mass is 32.1. The van der Waals surface area contributed by atoms with Crippen LogP contribution >= 0.6 is 11.3 Å². The normalized spacial score (nSPS) is 43.0. The molecule has 0 N–H and O–H groups in total. The van der Waals surface area contributed by atoms with E-state index in [1.807, 2.05) is 11.3 Å². The van der Waals surface area contributed by atoms with E-state index >= 15 is 0 Å². The van der Waals surface area contributed by atoms with Crippen LogP contribution < -0.4 is 4.90 Å². The standard InChI is InChI=1S/C15H21NS/c1-16(15-6-3-7-17-15)14-9-10-8-13(14)12-5-2-4-11(10)12/h3,6-7,10-14H,2,4-5,8-9H2,1H3. The molecule has 0 saturated heterocycles. The highest BCUT2D eigenvalue weighted by Gasteiger charge is 2.54. The lowest BCUT2D eigenvalue weighted by Gasteiger charge is -2.37. The molecular formula is C15H21NS. The topological polar surface area (TPSA) is 3.24 Å². The molecular weight excluding hydrogens is 226 g/mol. The van der Waals surface area contributed by atoms with Crippen molar-refractivity contribution in [2.45, 2.75) is 38.1 Å². The predicted molar refractivity (Wildman–Crippen MR) is 73.6 cm³/mol. The van der Waals surface area contributed by atoms with Crippen LogP contribution in [0.25, 0.3) is 0 Å². The van der Waals surface area contributed by atoms with Gasteiger partial charge in [-0.25, -0.2) is 0 Å². The molecule has 1 aromatic heterocycles. The fraction of sp³-hybridized carbons (Fsp3) is 0.733. The Morgan fingerprint density at radius 2 is 2.06 bits per heavy atom. The predicted octanol–water partition coefficient (Wildman–Crippen LogP) is 4.01. The second kappa shape index (κ2) is 3.74. The van der Waals surface area contributed by atoms with Crippen LogP contribution in [-0.4, -0.2) is 13.1 Å². The van der Waals surface area contributed by atoms with E-state index in [4.69, 9.17) is 0 Å². The minimum absolute atomic E-state index is 0.845. The third kappa shape index (κ3) is 1.43. The van der Waals surface area contributed by atoms with Gasteiger partial charge in [0.15, 0.2) is 0 Å². The summed E-state index contributed by atoms with van der Waals surface area (Å²) in [6.45, 7) is 0. The Morgan fingerprint density at radius 3 is 2.88 bits per heavy atom. The summed E-state index contributed by atoms with van der Waals surface area (Å²) in [5.74, 6) is 4.29. The Morgan fingerprint density at radius 1 is 1.18 bits per heavy atom. The molecule has 5 unspecified atom stereocenters. The second-order valence-corrected chi connectivity index (χ2v) is 7.21. The van der Waals surface area contributed by atoms with Crippen LogP contribution in [0, 0.1) is 23.7 Å². The number of hydrogen-bond acceptors (Lipinski definition) is 2. The van der Waals surface area contributed by atoms with Crippen LogP contribution in [0.1, 0.15) is 32.1 Å². The Kier molecular flexibility index (Phi) is 2.30. The van der Waals surface area contributed by atoms with E-state index in [9.17, 15) is 0 Å². The highest BCUT2D eigenvalue weighted by molar-refractivity contribution is 7.14. The van der Waals surface area contributed by atoms with Crippen molar-refractivity contribution in [3.63, 3.8) is 0 Å². The maximum absolute atomic E-state index is 2.59. The number of thiophene rings is 1. The molecule has 1 aromatic rings. The van der Waals surface area contributed by atoms with Crippen molar-refractivity contribution in [1.82, 2.24) is 0 Å². The average Bonchev–Trinajstić information content (AvgIpc) is 3.09. The molecule has 92 valence electrons. The molecule has 4 rings (SSSR count). The molecule has 0 amide bonds. The molecule has 3 saturated carbocycles. The molecule has 1 heterocycles. The first-order valence-electron chi connectivity index (χ1n) is 7.11. The minimum Gasteiger partial charge on any atom is -0.363 e.